The fraction of sp³-hybridized carbons (Fsp3) is 0.450. The number of thiophene rings is 1. The fourth-order valence-electron chi connectivity index (χ4n) is 6.50. The Kier molecular flexibility index (Phi) is 9.52. The molecule has 0 radical (unpaired) electrons. The lowest BCUT2D eigenvalue weighted by Crippen LogP contribution is -2.41. The number of unbranched alkanes of at least 4 members (excludes halogenated alkanes) is 9. The molecule has 1 aliphatic rings. The van der Waals surface area contributed by atoms with E-state index < -0.39 is 0 Å². The van der Waals surface area contributed by atoms with Crippen molar-refractivity contribution in [3.63, 3.8) is 0 Å². The molecule has 4 heteroatoms. The zero-order valence-corrected chi connectivity index (χ0v) is 28.3. The minimum Gasteiger partial charge on any atom is -0.399 e. The minimum absolute atomic E-state index is 0.342. The molecule has 230 valence electrons. The highest BCUT2D eigenvalue weighted by Crippen LogP contribution is 2.37. The number of aryl methyl sites for hydroxylation is 1. The van der Waals surface area contributed by atoms with Crippen molar-refractivity contribution >= 4 is 56.2 Å². The van der Waals surface area contributed by atoms with Gasteiger partial charge in [0.05, 0.1) is 11.2 Å². The number of hydrogen-bond acceptors (Lipinski definition) is 3. The first-order chi connectivity index (χ1) is 21.2. The molecule has 0 aliphatic carbocycles. The molecule has 2 nitrogen and oxygen atoms in total. The summed E-state index contributed by atoms with van der Waals surface area (Å²) in [6.45, 7) is 10.7. The first-order valence-electron chi connectivity index (χ1n) is 17.1. The topological polar surface area (TPSA) is 18.5 Å². The maximum Gasteiger partial charge on any atom is 0.494 e. The van der Waals surface area contributed by atoms with Gasteiger partial charge >= 0.3 is 7.12 Å². The van der Waals surface area contributed by atoms with E-state index in [0.29, 0.717) is 0 Å². The second-order valence-electron chi connectivity index (χ2n) is 14.0. The van der Waals surface area contributed by atoms with Crippen LogP contribution < -0.4 is 5.46 Å². The Morgan fingerprint density at radius 3 is 1.70 bits per heavy atom. The number of fused-ring (bicyclic) bond motifs is 3. The number of rotatable bonds is 13. The Morgan fingerprint density at radius 1 is 0.545 bits per heavy atom. The summed E-state index contributed by atoms with van der Waals surface area (Å²) in [6.07, 6.45) is 15.1. The molecule has 0 atom stereocenters. The van der Waals surface area contributed by atoms with E-state index in [9.17, 15) is 0 Å². The van der Waals surface area contributed by atoms with Gasteiger partial charge in [-0.25, -0.2) is 0 Å². The molecule has 4 aromatic carbocycles. The lowest BCUT2D eigenvalue weighted by molar-refractivity contribution is 0.00578. The van der Waals surface area contributed by atoms with Crippen LogP contribution in [0.5, 0.6) is 0 Å². The first kappa shape index (κ1) is 31.3. The van der Waals surface area contributed by atoms with Crippen molar-refractivity contribution in [1.29, 1.82) is 0 Å². The van der Waals surface area contributed by atoms with E-state index in [1.54, 1.807) is 0 Å². The Bertz CT molecular complexity index is 1720. The van der Waals surface area contributed by atoms with Crippen molar-refractivity contribution in [3.8, 4) is 10.4 Å². The normalized spacial score (nSPS) is 16.1. The van der Waals surface area contributed by atoms with Gasteiger partial charge in [-0.2, -0.15) is 0 Å². The summed E-state index contributed by atoms with van der Waals surface area (Å²) in [6, 6.07) is 27.5. The molecule has 2 heterocycles. The molecule has 5 aromatic rings. The number of benzene rings is 4. The standard InChI is InChI=1S/C40H49BO2S/c1-6-7-8-9-10-11-12-13-14-15-16-37-21-22-38(44-37)31-18-17-29-23-34-27-35-28-36(41-42-39(2,3)40(4,5)43-41)20-19-30(35)24-33(34)26-32(29)25-31/h17-28H,6-16H2,1-5H3. The molecule has 0 unspecified atom stereocenters. The highest BCUT2D eigenvalue weighted by molar-refractivity contribution is 7.15. The average Bonchev–Trinajstić information content (AvgIpc) is 3.56. The monoisotopic (exact) mass is 604 g/mol. The first-order valence-corrected chi connectivity index (χ1v) is 17.9. The predicted octanol–water partition coefficient (Wildman–Crippen LogP) is 11.6. The Labute approximate surface area is 269 Å². The van der Waals surface area contributed by atoms with Gasteiger partial charge in [-0.05, 0) is 126 Å². The summed E-state index contributed by atoms with van der Waals surface area (Å²) >= 11 is 1.97. The zero-order chi connectivity index (χ0) is 30.7. The Morgan fingerprint density at radius 2 is 1.07 bits per heavy atom. The molecule has 1 saturated heterocycles. The van der Waals surface area contributed by atoms with E-state index in [1.165, 1.54) is 118 Å². The molecule has 1 aromatic heterocycles. The molecular formula is C40H49BO2S. The van der Waals surface area contributed by atoms with Crippen molar-refractivity contribution in [2.75, 3.05) is 0 Å². The second-order valence-corrected chi connectivity index (χ2v) is 15.2. The summed E-state index contributed by atoms with van der Waals surface area (Å²) in [7, 11) is -0.345. The summed E-state index contributed by atoms with van der Waals surface area (Å²) in [5.74, 6) is 0. The molecule has 44 heavy (non-hydrogen) atoms. The fourth-order valence-corrected chi connectivity index (χ4v) is 7.55. The SMILES string of the molecule is CCCCCCCCCCCCc1ccc(-c2ccc3cc4cc5cc(B6OC(C)(C)C(C)(C)O6)ccc5cc4cc3c2)s1. The van der Waals surface area contributed by atoms with E-state index in [2.05, 4.69) is 107 Å². The van der Waals surface area contributed by atoms with Gasteiger partial charge in [-0.1, -0.05) is 95.0 Å². The second kappa shape index (κ2) is 13.4. The highest BCUT2D eigenvalue weighted by atomic mass is 32.1. The summed E-state index contributed by atoms with van der Waals surface area (Å²) < 4.78 is 12.6. The van der Waals surface area contributed by atoms with Crippen LogP contribution in [-0.4, -0.2) is 18.3 Å². The lowest BCUT2D eigenvalue weighted by atomic mass is 9.78. The predicted molar refractivity (Wildman–Crippen MR) is 194 cm³/mol. The van der Waals surface area contributed by atoms with Crippen LogP contribution in [0.2, 0.25) is 0 Å². The molecule has 0 N–H and O–H groups in total. The molecular weight excluding hydrogens is 555 g/mol. The largest absolute Gasteiger partial charge is 0.494 e. The Hall–Kier alpha value is -2.66. The molecule has 0 saturated carbocycles. The van der Waals surface area contributed by atoms with Crippen molar-refractivity contribution in [2.24, 2.45) is 0 Å². The van der Waals surface area contributed by atoms with Gasteiger partial charge < -0.3 is 9.31 Å². The third-order valence-electron chi connectivity index (χ3n) is 10.0. The van der Waals surface area contributed by atoms with Crippen LogP contribution >= 0.6 is 11.3 Å². The minimum atomic E-state index is -0.345. The van der Waals surface area contributed by atoms with Gasteiger partial charge in [0.1, 0.15) is 0 Å². The maximum atomic E-state index is 6.32. The maximum absolute atomic E-state index is 6.32. The van der Waals surface area contributed by atoms with Crippen LogP contribution in [0.15, 0.2) is 72.8 Å². The van der Waals surface area contributed by atoms with Gasteiger partial charge in [0, 0.05) is 9.75 Å². The summed E-state index contributed by atoms with van der Waals surface area (Å²) in [5, 5.41) is 7.58. The van der Waals surface area contributed by atoms with Crippen LogP contribution in [0.4, 0.5) is 0 Å². The smallest absolute Gasteiger partial charge is 0.399 e. The van der Waals surface area contributed by atoms with Gasteiger partial charge in [0.15, 0.2) is 0 Å². The molecule has 1 aliphatic heterocycles. The van der Waals surface area contributed by atoms with Gasteiger partial charge in [0.2, 0.25) is 0 Å². The van der Waals surface area contributed by atoms with Crippen molar-refractivity contribution in [1.82, 2.24) is 0 Å². The van der Waals surface area contributed by atoms with Gasteiger partial charge in [0.25, 0.3) is 0 Å². The van der Waals surface area contributed by atoms with E-state index >= 15 is 0 Å². The van der Waals surface area contributed by atoms with E-state index in [-0.39, 0.29) is 18.3 Å². The van der Waals surface area contributed by atoms with Crippen LogP contribution in [0.1, 0.15) is 104 Å². The van der Waals surface area contributed by atoms with Crippen molar-refractivity contribution < 1.29 is 9.31 Å². The zero-order valence-electron chi connectivity index (χ0n) is 27.5. The summed E-state index contributed by atoms with van der Waals surface area (Å²) in [5.41, 5.74) is 1.71. The Balaban J connectivity index is 1.11. The van der Waals surface area contributed by atoms with Gasteiger partial charge in [-0.3, -0.25) is 0 Å². The molecule has 6 rings (SSSR count). The van der Waals surface area contributed by atoms with Gasteiger partial charge in [-0.15, -0.1) is 11.3 Å². The highest BCUT2D eigenvalue weighted by Gasteiger charge is 2.51. The molecule has 0 spiro atoms. The quantitative estimate of drug-likeness (QED) is 0.0756. The van der Waals surface area contributed by atoms with Crippen molar-refractivity contribution in [2.45, 2.75) is 116 Å². The van der Waals surface area contributed by atoms with Crippen LogP contribution in [-0.2, 0) is 15.7 Å². The molecule has 0 amide bonds. The van der Waals surface area contributed by atoms with Crippen molar-refractivity contribution in [3.05, 3.63) is 77.7 Å². The van der Waals surface area contributed by atoms with Crippen LogP contribution in [0.25, 0.3) is 42.8 Å². The van der Waals surface area contributed by atoms with E-state index in [0.717, 1.165) is 5.46 Å². The van der Waals surface area contributed by atoms with E-state index in [1.807, 2.05) is 11.3 Å². The van der Waals surface area contributed by atoms with Crippen LogP contribution in [0, 0.1) is 0 Å². The third-order valence-corrected chi connectivity index (χ3v) is 11.2. The third kappa shape index (κ3) is 6.93. The lowest BCUT2D eigenvalue weighted by Gasteiger charge is -2.32. The molecule has 1 fully saturated rings. The summed E-state index contributed by atoms with van der Waals surface area (Å²) in [4.78, 5) is 2.90. The molecule has 0 bridgehead atoms. The average molecular weight is 605 g/mol. The van der Waals surface area contributed by atoms with E-state index in [4.69, 9.17) is 9.31 Å². The van der Waals surface area contributed by atoms with Crippen LogP contribution in [0.3, 0.4) is 0 Å². The number of hydrogen-bond donors (Lipinski definition) is 0.